The third kappa shape index (κ3) is 3.76. The minimum absolute atomic E-state index is 0.0150. The van der Waals surface area contributed by atoms with E-state index in [4.69, 9.17) is 9.52 Å². The van der Waals surface area contributed by atoms with Crippen molar-refractivity contribution < 1.29 is 9.52 Å². The van der Waals surface area contributed by atoms with E-state index in [0.29, 0.717) is 11.8 Å². The molecule has 2 N–H and O–H groups in total. The minimum Gasteiger partial charge on any atom is -0.462 e. The standard InChI is InChI=1S/C13H21NO2S/c1-17-13-6-2-10(3-7-13)14-8-11-4-5-12(9-15)16-11/h4-5,10,13-15H,2-3,6-9H2,1H3. The SMILES string of the molecule is CSC1CCC(NCc2ccc(CO)o2)CC1. The molecule has 1 aliphatic carbocycles. The van der Waals surface area contributed by atoms with Crippen molar-refractivity contribution in [2.75, 3.05) is 6.26 Å². The van der Waals surface area contributed by atoms with Crippen LogP contribution in [0.5, 0.6) is 0 Å². The van der Waals surface area contributed by atoms with Gasteiger partial charge in [0.2, 0.25) is 0 Å². The van der Waals surface area contributed by atoms with Gasteiger partial charge in [-0.1, -0.05) is 0 Å². The Morgan fingerprint density at radius 3 is 2.59 bits per heavy atom. The molecule has 0 bridgehead atoms. The first-order chi connectivity index (χ1) is 8.31. The summed E-state index contributed by atoms with van der Waals surface area (Å²) in [7, 11) is 0. The fraction of sp³-hybridized carbons (Fsp3) is 0.692. The molecule has 4 heteroatoms. The molecule has 0 aromatic carbocycles. The zero-order chi connectivity index (χ0) is 12.1. The van der Waals surface area contributed by atoms with Crippen molar-refractivity contribution in [1.82, 2.24) is 5.32 Å². The molecule has 96 valence electrons. The van der Waals surface area contributed by atoms with E-state index >= 15 is 0 Å². The lowest BCUT2D eigenvalue weighted by atomic mass is 9.95. The molecule has 1 aliphatic rings. The number of nitrogens with one attached hydrogen (secondary N) is 1. The van der Waals surface area contributed by atoms with Crippen LogP contribution in [0.2, 0.25) is 0 Å². The zero-order valence-electron chi connectivity index (χ0n) is 10.3. The molecule has 1 aromatic heterocycles. The van der Waals surface area contributed by atoms with Gasteiger partial charge in [-0.2, -0.15) is 11.8 Å². The molecule has 0 saturated heterocycles. The van der Waals surface area contributed by atoms with Gasteiger partial charge in [0.25, 0.3) is 0 Å². The molecule has 17 heavy (non-hydrogen) atoms. The summed E-state index contributed by atoms with van der Waals surface area (Å²) >= 11 is 1.99. The minimum atomic E-state index is -0.0150. The van der Waals surface area contributed by atoms with E-state index in [2.05, 4.69) is 11.6 Å². The van der Waals surface area contributed by atoms with Crippen LogP contribution in [-0.2, 0) is 13.2 Å². The molecular weight excluding hydrogens is 234 g/mol. The number of aliphatic hydroxyl groups is 1. The maximum absolute atomic E-state index is 8.91. The Morgan fingerprint density at radius 2 is 2.00 bits per heavy atom. The molecule has 1 fully saturated rings. The van der Waals surface area contributed by atoms with E-state index in [9.17, 15) is 0 Å². The van der Waals surface area contributed by atoms with Crippen molar-refractivity contribution in [2.24, 2.45) is 0 Å². The van der Waals surface area contributed by atoms with Crippen LogP contribution >= 0.6 is 11.8 Å². The summed E-state index contributed by atoms with van der Waals surface area (Å²) in [6.07, 6.45) is 7.37. The third-order valence-electron chi connectivity index (χ3n) is 3.45. The fourth-order valence-corrected chi connectivity index (χ4v) is 3.09. The number of thioether (sulfide) groups is 1. The molecule has 1 aromatic rings. The molecule has 1 heterocycles. The Morgan fingerprint density at radius 1 is 1.29 bits per heavy atom. The van der Waals surface area contributed by atoms with Crippen LogP contribution in [0.4, 0.5) is 0 Å². The van der Waals surface area contributed by atoms with Gasteiger partial charge in [0.05, 0.1) is 6.54 Å². The predicted molar refractivity (Wildman–Crippen MR) is 71.0 cm³/mol. The second-order valence-electron chi connectivity index (χ2n) is 4.62. The average molecular weight is 255 g/mol. The number of hydrogen-bond donors (Lipinski definition) is 2. The molecule has 3 nitrogen and oxygen atoms in total. The molecule has 1 saturated carbocycles. The normalized spacial score (nSPS) is 25.1. The van der Waals surface area contributed by atoms with Gasteiger partial charge in [0, 0.05) is 11.3 Å². The summed E-state index contributed by atoms with van der Waals surface area (Å²) < 4.78 is 5.45. The van der Waals surface area contributed by atoms with Crippen molar-refractivity contribution >= 4 is 11.8 Å². The van der Waals surface area contributed by atoms with E-state index in [1.807, 2.05) is 23.9 Å². The topological polar surface area (TPSA) is 45.4 Å². The molecule has 0 amide bonds. The highest BCUT2D eigenvalue weighted by Crippen LogP contribution is 2.27. The van der Waals surface area contributed by atoms with Crippen LogP contribution in [0.1, 0.15) is 37.2 Å². The highest BCUT2D eigenvalue weighted by atomic mass is 32.2. The third-order valence-corrected chi connectivity index (χ3v) is 4.58. The molecule has 0 radical (unpaired) electrons. The smallest absolute Gasteiger partial charge is 0.129 e. The maximum Gasteiger partial charge on any atom is 0.129 e. The summed E-state index contributed by atoms with van der Waals surface area (Å²) in [5.41, 5.74) is 0. The second kappa shape index (κ2) is 6.47. The van der Waals surface area contributed by atoms with Crippen LogP contribution in [0.15, 0.2) is 16.5 Å². The summed E-state index contributed by atoms with van der Waals surface area (Å²) in [6, 6.07) is 4.40. The molecular formula is C13H21NO2S. The number of furan rings is 1. The number of hydrogen-bond acceptors (Lipinski definition) is 4. The lowest BCUT2D eigenvalue weighted by molar-refractivity contribution is 0.241. The van der Waals surface area contributed by atoms with Gasteiger partial charge in [0.1, 0.15) is 18.1 Å². The van der Waals surface area contributed by atoms with Crippen molar-refractivity contribution in [2.45, 2.75) is 50.1 Å². The van der Waals surface area contributed by atoms with E-state index in [1.54, 1.807) is 0 Å². The van der Waals surface area contributed by atoms with Crippen molar-refractivity contribution in [1.29, 1.82) is 0 Å². The lowest BCUT2D eigenvalue weighted by Crippen LogP contribution is -2.33. The molecule has 0 unspecified atom stereocenters. The molecule has 0 aliphatic heterocycles. The van der Waals surface area contributed by atoms with Crippen molar-refractivity contribution in [3.05, 3.63) is 23.7 Å². The van der Waals surface area contributed by atoms with Gasteiger partial charge in [-0.15, -0.1) is 0 Å². The lowest BCUT2D eigenvalue weighted by Gasteiger charge is -2.27. The Balaban J connectivity index is 1.72. The van der Waals surface area contributed by atoms with Gasteiger partial charge in [-0.3, -0.25) is 0 Å². The van der Waals surface area contributed by atoms with Crippen molar-refractivity contribution in [3.63, 3.8) is 0 Å². The predicted octanol–water partition coefficient (Wildman–Crippen LogP) is 2.54. The highest BCUT2D eigenvalue weighted by Gasteiger charge is 2.20. The Kier molecular flexibility index (Phi) is 4.95. The first-order valence-corrected chi connectivity index (χ1v) is 7.55. The first-order valence-electron chi connectivity index (χ1n) is 6.26. The van der Waals surface area contributed by atoms with Crippen LogP contribution in [0.25, 0.3) is 0 Å². The fourth-order valence-electron chi connectivity index (χ4n) is 2.35. The highest BCUT2D eigenvalue weighted by molar-refractivity contribution is 7.99. The van der Waals surface area contributed by atoms with Crippen LogP contribution in [0.3, 0.4) is 0 Å². The summed E-state index contributed by atoms with van der Waals surface area (Å²) in [4.78, 5) is 0. The molecule has 0 atom stereocenters. The van der Waals surface area contributed by atoms with Crippen LogP contribution in [0, 0.1) is 0 Å². The summed E-state index contributed by atoms with van der Waals surface area (Å²) in [5, 5.41) is 13.3. The first kappa shape index (κ1) is 13.0. The van der Waals surface area contributed by atoms with E-state index in [0.717, 1.165) is 17.6 Å². The quantitative estimate of drug-likeness (QED) is 0.848. The number of aliphatic hydroxyl groups excluding tert-OH is 1. The van der Waals surface area contributed by atoms with Gasteiger partial charge < -0.3 is 14.8 Å². The van der Waals surface area contributed by atoms with Gasteiger partial charge >= 0.3 is 0 Å². The van der Waals surface area contributed by atoms with Crippen molar-refractivity contribution in [3.8, 4) is 0 Å². The Bertz CT molecular complexity index is 332. The van der Waals surface area contributed by atoms with Gasteiger partial charge in [-0.25, -0.2) is 0 Å². The monoisotopic (exact) mass is 255 g/mol. The van der Waals surface area contributed by atoms with Crippen LogP contribution < -0.4 is 5.32 Å². The van der Waals surface area contributed by atoms with E-state index in [1.165, 1.54) is 25.7 Å². The summed E-state index contributed by atoms with van der Waals surface area (Å²) in [5.74, 6) is 1.56. The maximum atomic E-state index is 8.91. The Labute approximate surface area is 107 Å². The largest absolute Gasteiger partial charge is 0.462 e. The average Bonchev–Trinajstić information content (AvgIpc) is 2.85. The molecule has 2 rings (SSSR count). The summed E-state index contributed by atoms with van der Waals surface area (Å²) in [6.45, 7) is 0.757. The van der Waals surface area contributed by atoms with Crippen LogP contribution in [-0.4, -0.2) is 22.7 Å². The van der Waals surface area contributed by atoms with Gasteiger partial charge in [-0.05, 0) is 44.1 Å². The zero-order valence-corrected chi connectivity index (χ0v) is 11.1. The second-order valence-corrected chi connectivity index (χ2v) is 5.75. The van der Waals surface area contributed by atoms with E-state index < -0.39 is 0 Å². The molecule has 0 spiro atoms. The van der Waals surface area contributed by atoms with E-state index in [-0.39, 0.29) is 6.61 Å². The van der Waals surface area contributed by atoms with Gasteiger partial charge in [0.15, 0.2) is 0 Å². The number of rotatable bonds is 5. The Hall–Kier alpha value is -0.450.